The molecule has 1 fully saturated rings. The predicted molar refractivity (Wildman–Crippen MR) is 91.7 cm³/mol. The number of aromatic nitrogens is 2. The van der Waals surface area contributed by atoms with Crippen molar-refractivity contribution >= 4 is 27.4 Å². The smallest absolute Gasteiger partial charge is 0.254 e. The van der Waals surface area contributed by atoms with E-state index in [4.69, 9.17) is 12.3 Å². The highest BCUT2D eigenvalue weighted by molar-refractivity contribution is 9.10. The van der Waals surface area contributed by atoms with Crippen molar-refractivity contribution in [1.29, 1.82) is 0 Å². The molecule has 0 saturated carbocycles. The fraction of sp³-hybridized carbons (Fsp3) is 0.375. The summed E-state index contributed by atoms with van der Waals surface area (Å²) in [5, 5.41) is 4.58. The van der Waals surface area contributed by atoms with Crippen molar-refractivity contribution in [3.05, 3.63) is 40.2 Å². The van der Waals surface area contributed by atoms with Gasteiger partial charge in [0.05, 0.1) is 13.1 Å². The van der Waals surface area contributed by atoms with Gasteiger partial charge in [0.15, 0.2) is 0 Å². The van der Waals surface area contributed by atoms with E-state index in [1.807, 2.05) is 24.3 Å². The van der Waals surface area contributed by atoms with Crippen molar-refractivity contribution in [1.82, 2.24) is 14.7 Å². The molecule has 22 heavy (non-hydrogen) atoms. The number of hydrogen-bond donors (Lipinski definition) is 1. The maximum atomic E-state index is 7.40. The average molecular weight is 360 g/mol. The molecule has 114 valence electrons. The van der Waals surface area contributed by atoms with E-state index < -0.39 is 0 Å². The van der Waals surface area contributed by atoms with Gasteiger partial charge in [0.1, 0.15) is 11.5 Å². The number of rotatable bonds is 4. The molecule has 1 aliphatic rings. The van der Waals surface area contributed by atoms with Crippen LogP contribution >= 0.6 is 15.9 Å². The lowest BCUT2D eigenvalue weighted by molar-refractivity contribution is 0.317. The number of nitrogens with two attached hydrogens (primary N) is 1. The number of nitrogens with zero attached hydrogens (tertiary/aromatic N) is 4. The normalized spacial score (nSPS) is 15.1. The van der Waals surface area contributed by atoms with Gasteiger partial charge >= 0.3 is 0 Å². The quantitative estimate of drug-likeness (QED) is 0.849. The van der Waals surface area contributed by atoms with Gasteiger partial charge in [0.25, 0.3) is 5.69 Å². The van der Waals surface area contributed by atoms with Crippen LogP contribution in [0.15, 0.2) is 28.7 Å². The van der Waals surface area contributed by atoms with Gasteiger partial charge < -0.3 is 10.6 Å². The average Bonchev–Trinajstić information content (AvgIpc) is 3.14. The first-order valence-electron chi connectivity index (χ1n) is 7.41. The van der Waals surface area contributed by atoms with E-state index in [1.165, 1.54) is 12.8 Å². The summed E-state index contributed by atoms with van der Waals surface area (Å²) in [5.41, 5.74) is 8.16. The van der Waals surface area contributed by atoms with Crippen LogP contribution in [0.2, 0.25) is 0 Å². The van der Waals surface area contributed by atoms with Gasteiger partial charge in [0.2, 0.25) is 0 Å². The largest absolute Gasteiger partial charge is 0.393 e. The number of halogens is 1. The molecule has 0 unspecified atom stereocenters. The van der Waals surface area contributed by atoms with Crippen LogP contribution < -0.4 is 5.73 Å². The minimum absolute atomic E-state index is 0.448. The molecule has 5 nitrogen and oxygen atoms in total. The topological polar surface area (TPSA) is 51.4 Å². The van der Waals surface area contributed by atoms with Crippen LogP contribution in [0.5, 0.6) is 0 Å². The lowest BCUT2D eigenvalue weighted by Gasteiger charge is -2.14. The first-order chi connectivity index (χ1) is 10.7. The van der Waals surface area contributed by atoms with Gasteiger partial charge in [-0.05, 0) is 43.6 Å². The third-order valence-corrected chi connectivity index (χ3v) is 4.55. The van der Waals surface area contributed by atoms with Crippen LogP contribution in [0.1, 0.15) is 12.8 Å². The maximum absolute atomic E-state index is 7.40. The molecule has 0 atom stereocenters. The summed E-state index contributed by atoms with van der Waals surface area (Å²) in [6.45, 7) is 11.4. The summed E-state index contributed by atoms with van der Waals surface area (Å²) in [6.07, 6.45) is 2.54. The van der Waals surface area contributed by atoms with Crippen molar-refractivity contribution in [3.8, 4) is 11.3 Å². The Morgan fingerprint density at radius 3 is 2.50 bits per heavy atom. The Morgan fingerprint density at radius 1 is 1.18 bits per heavy atom. The Kier molecular flexibility index (Phi) is 4.46. The maximum Gasteiger partial charge on any atom is 0.254 e. The van der Waals surface area contributed by atoms with Crippen LogP contribution in [0.25, 0.3) is 16.1 Å². The third-order valence-electron chi connectivity index (χ3n) is 4.02. The molecular weight excluding hydrogens is 342 g/mol. The standard InChI is InChI=1S/C16H18BrN5/c1-19-15-14(12-4-6-13(17)7-5-12)20-22(16(15)18)11-10-21-8-2-3-9-21/h4-7H,2-3,8-11,18H2. The van der Waals surface area contributed by atoms with E-state index in [2.05, 4.69) is 30.8 Å². The number of likely N-dealkylation sites (tertiary alicyclic amines) is 1. The summed E-state index contributed by atoms with van der Waals surface area (Å²) in [7, 11) is 0. The summed E-state index contributed by atoms with van der Waals surface area (Å²) in [4.78, 5) is 6.00. The second-order valence-electron chi connectivity index (χ2n) is 5.47. The van der Waals surface area contributed by atoms with Crippen LogP contribution in [-0.4, -0.2) is 34.3 Å². The highest BCUT2D eigenvalue weighted by Gasteiger charge is 2.18. The molecule has 1 aromatic heterocycles. The molecule has 1 aliphatic heterocycles. The summed E-state index contributed by atoms with van der Waals surface area (Å²) in [5.74, 6) is 0.465. The number of hydrogen-bond acceptors (Lipinski definition) is 3. The van der Waals surface area contributed by atoms with Gasteiger partial charge in [-0.25, -0.2) is 4.85 Å². The Balaban J connectivity index is 1.86. The Labute approximate surface area is 138 Å². The van der Waals surface area contributed by atoms with E-state index in [9.17, 15) is 0 Å². The number of nitrogen functional groups attached to an aromatic ring is 1. The van der Waals surface area contributed by atoms with Gasteiger partial charge in [-0.3, -0.25) is 4.68 Å². The minimum atomic E-state index is 0.448. The molecule has 0 spiro atoms. The lowest BCUT2D eigenvalue weighted by Crippen LogP contribution is -2.24. The monoisotopic (exact) mass is 359 g/mol. The van der Waals surface area contributed by atoms with Crippen molar-refractivity contribution < 1.29 is 0 Å². The molecule has 0 radical (unpaired) electrons. The first kappa shape index (κ1) is 15.1. The van der Waals surface area contributed by atoms with E-state index >= 15 is 0 Å². The highest BCUT2D eigenvalue weighted by atomic mass is 79.9. The fourth-order valence-electron chi connectivity index (χ4n) is 2.79. The second-order valence-corrected chi connectivity index (χ2v) is 6.39. The lowest BCUT2D eigenvalue weighted by atomic mass is 10.1. The van der Waals surface area contributed by atoms with Crippen LogP contribution in [0, 0.1) is 6.57 Å². The second kappa shape index (κ2) is 6.51. The summed E-state index contributed by atoms with van der Waals surface area (Å²) >= 11 is 3.42. The van der Waals surface area contributed by atoms with E-state index in [1.54, 1.807) is 4.68 Å². The van der Waals surface area contributed by atoms with Gasteiger partial charge in [0, 0.05) is 11.0 Å². The summed E-state index contributed by atoms with van der Waals surface area (Å²) in [6, 6.07) is 7.79. The molecule has 6 heteroatoms. The first-order valence-corrected chi connectivity index (χ1v) is 8.20. The molecule has 0 aliphatic carbocycles. The van der Waals surface area contributed by atoms with Crippen molar-refractivity contribution in [2.45, 2.75) is 19.4 Å². The highest BCUT2D eigenvalue weighted by Crippen LogP contribution is 2.35. The summed E-state index contributed by atoms with van der Waals surface area (Å²) < 4.78 is 2.77. The molecule has 0 bridgehead atoms. The van der Waals surface area contributed by atoms with Gasteiger partial charge in [-0.1, -0.05) is 28.1 Å². The SMILES string of the molecule is [C-]#[N+]c1c(-c2ccc(Br)cc2)nn(CCN2CCCC2)c1N. The van der Waals surface area contributed by atoms with E-state index in [0.717, 1.165) is 36.2 Å². The zero-order valence-corrected chi connectivity index (χ0v) is 13.9. The van der Waals surface area contributed by atoms with Crippen molar-refractivity contribution in [2.24, 2.45) is 0 Å². The molecular formula is C16H18BrN5. The predicted octanol–water partition coefficient (Wildman–Crippen LogP) is 3.54. The zero-order valence-electron chi connectivity index (χ0n) is 12.3. The minimum Gasteiger partial charge on any atom is -0.393 e. The molecule has 0 amide bonds. The van der Waals surface area contributed by atoms with Gasteiger partial charge in [-0.15, -0.1) is 0 Å². The van der Waals surface area contributed by atoms with Crippen LogP contribution in [0.3, 0.4) is 0 Å². The Morgan fingerprint density at radius 2 is 1.86 bits per heavy atom. The van der Waals surface area contributed by atoms with E-state index in [0.29, 0.717) is 17.2 Å². The molecule has 1 saturated heterocycles. The molecule has 2 heterocycles. The molecule has 2 N–H and O–H groups in total. The molecule has 1 aromatic carbocycles. The van der Waals surface area contributed by atoms with Crippen LogP contribution in [0.4, 0.5) is 11.5 Å². The Bertz CT molecular complexity index is 693. The van der Waals surface area contributed by atoms with Gasteiger partial charge in [-0.2, -0.15) is 5.10 Å². The van der Waals surface area contributed by atoms with Crippen molar-refractivity contribution in [2.75, 3.05) is 25.4 Å². The van der Waals surface area contributed by atoms with Crippen LogP contribution in [-0.2, 0) is 6.54 Å². The Hall–Kier alpha value is -1.84. The van der Waals surface area contributed by atoms with E-state index in [-0.39, 0.29) is 0 Å². The molecule has 2 aromatic rings. The third kappa shape index (κ3) is 3.01. The van der Waals surface area contributed by atoms with Crippen molar-refractivity contribution in [3.63, 3.8) is 0 Å². The molecule has 3 rings (SSSR count). The fourth-order valence-corrected chi connectivity index (χ4v) is 3.06. The zero-order chi connectivity index (χ0) is 15.5. The number of benzene rings is 1. The number of anilines is 1.